The van der Waals surface area contributed by atoms with Crippen LogP contribution in [-0.2, 0) is 42.6 Å². The van der Waals surface area contributed by atoms with Crippen molar-refractivity contribution in [3.05, 3.63) is 170 Å². The highest BCUT2D eigenvalue weighted by Crippen LogP contribution is 2.42. The first-order valence-electron chi connectivity index (χ1n) is 21.2. The molecule has 11 atom stereocenters. The third-order valence-electron chi connectivity index (χ3n) is 11.4. The van der Waals surface area contributed by atoms with Crippen molar-refractivity contribution in [3.8, 4) is 0 Å². The number of carbonyl (C=O) groups excluding carboxylic acids is 3. The molecule has 0 bridgehead atoms. The molecule has 4 aliphatic heterocycles. The Morgan fingerprint density at radius 2 is 1.28 bits per heavy atom. The van der Waals surface area contributed by atoms with Crippen LogP contribution in [0.5, 0.6) is 0 Å². The van der Waals surface area contributed by atoms with Gasteiger partial charge < -0.3 is 47.9 Å². The summed E-state index contributed by atoms with van der Waals surface area (Å²) in [5.74, 6) is -5.03. The van der Waals surface area contributed by atoms with Crippen LogP contribution in [0, 0.1) is 40.5 Å². The number of nitro benzene ring substituents is 4. The van der Waals surface area contributed by atoms with Crippen molar-refractivity contribution in [1.82, 2.24) is 5.32 Å². The second-order valence-electron chi connectivity index (χ2n) is 16.5. The van der Waals surface area contributed by atoms with Gasteiger partial charge in [-0.15, -0.1) is 0 Å². The van der Waals surface area contributed by atoms with E-state index in [1.807, 2.05) is 0 Å². The maximum absolute atomic E-state index is 14.2. The van der Waals surface area contributed by atoms with Crippen molar-refractivity contribution < 1.29 is 76.7 Å². The first-order valence-corrected chi connectivity index (χ1v) is 21.2. The Kier molecular flexibility index (Phi) is 14.2. The van der Waals surface area contributed by atoms with Gasteiger partial charge in [-0.2, -0.15) is 0 Å². The number of carbonyl (C=O) groups is 3. The van der Waals surface area contributed by atoms with Gasteiger partial charge in [0.25, 0.3) is 22.7 Å². The van der Waals surface area contributed by atoms with Crippen LogP contribution in [0.4, 0.5) is 22.7 Å². The number of nitrogens with one attached hydrogen (secondary N) is 1. The molecule has 28 heteroatoms. The van der Waals surface area contributed by atoms with Crippen LogP contribution in [0.2, 0.25) is 0 Å². The highest BCUT2D eigenvalue weighted by Gasteiger charge is 2.58. The molecular formula is C43H38N8O20. The van der Waals surface area contributed by atoms with E-state index in [2.05, 4.69) is 15.3 Å². The third kappa shape index (κ3) is 10.9. The summed E-state index contributed by atoms with van der Waals surface area (Å²) >= 11 is 0. The maximum Gasteiger partial charge on any atom is 0.340 e. The number of non-ortho nitro benzene ring substituents is 4. The number of benzene rings is 4. The van der Waals surface area contributed by atoms with Gasteiger partial charge >= 0.3 is 17.9 Å². The number of rotatable bonds is 16. The number of hydrogen-bond acceptors (Lipinski definition) is 22. The predicted octanol–water partition coefficient (Wildman–Crippen LogP) is 5.28. The first kappa shape index (κ1) is 49.3. The van der Waals surface area contributed by atoms with Gasteiger partial charge in [-0.25, -0.2) is 14.4 Å². The van der Waals surface area contributed by atoms with Crippen molar-refractivity contribution in [3.63, 3.8) is 0 Å². The minimum absolute atomic E-state index is 0.0106. The fourth-order valence-corrected chi connectivity index (χ4v) is 8.31. The Bertz CT molecular complexity index is 2730. The molecule has 0 unspecified atom stereocenters. The van der Waals surface area contributed by atoms with Crippen LogP contribution in [-0.4, -0.2) is 118 Å². The first-order chi connectivity index (χ1) is 33.9. The molecule has 71 heavy (non-hydrogen) atoms. The summed E-state index contributed by atoms with van der Waals surface area (Å²) in [5.41, 5.74) is 5.53. The Hall–Kier alpha value is -8.08. The Morgan fingerprint density at radius 3 is 1.85 bits per heavy atom. The molecule has 370 valence electrons. The van der Waals surface area contributed by atoms with Crippen LogP contribution in [0.15, 0.2) is 102 Å². The lowest BCUT2D eigenvalue weighted by Gasteiger charge is -2.49. The van der Waals surface area contributed by atoms with Crippen LogP contribution in [0.25, 0.3) is 10.4 Å². The molecule has 0 saturated carbocycles. The zero-order valence-corrected chi connectivity index (χ0v) is 36.8. The molecule has 8 rings (SSSR count). The van der Waals surface area contributed by atoms with Crippen molar-refractivity contribution in [1.29, 1.82) is 0 Å². The van der Waals surface area contributed by atoms with E-state index in [4.69, 9.17) is 42.6 Å². The van der Waals surface area contributed by atoms with Crippen molar-refractivity contribution >= 4 is 40.7 Å². The molecule has 4 fully saturated rings. The lowest BCUT2D eigenvalue weighted by Crippen LogP contribution is -2.68. The van der Waals surface area contributed by atoms with E-state index in [1.54, 1.807) is 50.2 Å². The van der Waals surface area contributed by atoms with Gasteiger partial charge in [-0.3, -0.25) is 40.5 Å². The van der Waals surface area contributed by atoms with E-state index in [9.17, 15) is 60.4 Å². The van der Waals surface area contributed by atoms with Crippen molar-refractivity contribution in [2.75, 3.05) is 13.2 Å². The molecule has 4 aromatic carbocycles. The van der Waals surface area contributed by atoms with Crippen LogP contribution >= 0.6 is 0 Å². The second kappa shape index (κ2) is 20.5. The van der Waals surface area contributed by atoms with Crippen molar-refractivity contribution in [2.45, 2.75) is 87.2 Å². The molecule has 0 aliphatic carbocycles. The van der Waals surface area contributed by atoms with Crippen LogP contribution < -0.4 is 5.32 Å². The number of hydrogen-bond donors (Lipinski definition) is 1. The molecule has 4 heterocycles. The average molecular weight is 987 g/mol. The summed E-state index contributed by atoms with van der Waals surface area (Å²) in [6.07, 6.45) is -12.9. The normalized spacial score (nSPS) is 26.6. The number of esters is 3. The molecule has 0 amide bonds. The predicted molar refractivity (Wildman–Crippen MR) is 232 cm³/mol. The SMILES string of the molecule is CC1(C)O[C@H]2O[C@H]([C@@H](CN[C@H]3[C@H](OC(=O)c4cc([N+](=O)[O-])cc([N+](=O)[O-])c4)[C@@H](OC(=O)c4ccccc4)O[C@@H]4CO[C@H](c5ccccc5)O[C@@H]34)OC(=O)c3cc([N+](=O)[O-])cc([N+](=O)[O-])c3)[C@H](N=[N+]=[N-])[C@H]2O1. The molecular weight excluding hydrogens is 949 g/mol. The lowest BCUT2D eigenvalue weighted by molar-refractivity contribution is -0.394. The van der Waals surface area contributed by atoms with E-state index in [1.165, 1.54) is 24.3 Å². The molecule has 4 aromatic rings. The second-order valence-corrected chi connectivity index (χ2v) is 16.5. The molecule has 0 spiro atoms. The van der Waals surface area contributed by atoms with E-state index in [-0.39, 0.29) is 12.2 Å². The molecule has 28 nitrogen and oxygen atoms in total. The Balaban J connectivity index is 1.22. The van der Waals surface area contributed by atoms with Gasteiger partial charge in [-0.1, -0.05) is 53.6 Å². The van der Waals surface area contributed by atoms with Gasteiger partial charge in [0, 0.05) is 41.3 Å². The number of nitrogens with zero attached hydrogens (tertiary/aromatic N) is 7. The lowest BCUT2D eigenvalue weighted by atomic mass is 9.93. The van der Waals surface area contributed by atoms with Crippen molar-refractivity contribution in [2.24, 2.45) is 5.11 Å². The summed E-state index contributed by atoms with van der Waals surface area (Å²) in [7, 11) is 0. The van der Waals surface area contributed by atoms with Gasteiger partial charge in [0.05, 0.1) is 67.2 Å². The summed E-state index contributed by atoms with van der Waals surface area (Å²) in [5, 5.41) is 54.3. The molecule has 4 saturated heterocycles. The monoisotopic (exact) mass is 986 g/mol. The van der Waals surface area contributed by atoms with E-state index in [0.29, 0.717) is 17.7 Å². The quantitative estimate of drug-likeness (QED) is 0.0284. The van der Waals surface area contributed by atoms with Gasteiger partial charge in [0.2, 0.25) is 6.29 Å². The fourth-order valence-electron chi connectivity index (χ4n) is 8.31. The number of nitro groups is 4. The fraction of sp³-hybridized carbons (Fsp3) is 0.372. The minimum atomic E-state index is -1.90. The largest absolute Gasteiger partial charge is 0.455 e. The number of fused-ring (bicyclic) bond motifs is 2. The standard InChI is InChI=1S/C43H38N8O20/c1-43(2)70-36-32(46-47-44)33(68-42(36)71-43)29(64-38(53)23-13-25(48(55)56)17-26(14-23)49(57)58)19-45-31-34-30(20-63-40(67-34)22-11-7-4-8-12-22)65-41(69-37(52)21-9-5-3-6-10-21)35(31)66-39(54)24-15-27(50(59)60)18-28(16-24)51(61)62/h3-18,29-36,40-42,45H,19-20H2,1-2H3/t29-,30-,31-,32+,33-,34-,35+,36-,40+,41-,42-/m1/s1. The number of ether oxygens (including phenoxy) is 9. The van der Waals surface area contributed by atoms with E-state index >= 15 is 0 Å². The van der Waals surface area contributed by atoms with E-state index < -0.39 is 151 Å². The smallest absolute Gasteiger partial charge is 0.340 e. The highest BCUT2D eigenvalue weighted by atomic mass is 16.8. The molecule has 0 radical (unpaired) electrons. The average Bonchev–Trinajstić information content (AvgIpc) is 3.84. The van der Waals surface area contributed by atoms with Gasteiger partial charge in [-0.05, 0) is 31.5 Å². The van der Waals surface area contributed by atoms with E-state index in [0.717, 1.165) is 24.3 Å². The topological polar surface area (TPSA) is 368 Å². The van der Waals surface area contributed by atoms with Crippen LogP contribution in [0.3, 0.4) is 0 Å². The molecule has 4 aliphatic rings. The zero-order valence-electron chi connectivity index (χ0n) is 36.8. The molecule has 1 N–H and O–H groups in total. The summed E-state index contributed by atoms with van der Waals surface area (Å²) in [6.45, 7) is 2.20. The zero-order chi connectivity index (χ0) is 50.7. The summed E-state index contributed by atoms with van der Waals surface area (Å²) < 4.78 is 54.5. The number of azide groups is 1. The third-order valence-corrected chi connectivity index (χ3v) is 11.4. The summed E-state index contributed by atoms with van der Waals surface area (Å²) in [4.78, 5) is 88.4. The highest BCUT2D eigenvalue weighted by molar-refractivity contribution is 5.92. The molecule has 0 aromatic heterocycles. The summed E-state index contributed by atoms with van der Waals surface area (Å²) in [6, 6.07) is 17.3. The van der Waals surface area contributed by atoms with Crippen LogP contribution in [0.1, 0.15) is 56.8 Å². The Labute approximate surface area is 397 Å². The minimum Gasteiger partial charge on any atom is -0.455 e. The maximum atomic E-state index is 14.2. The Morgan fingerprint density at radius 1 is 0.732 bits per heavy atom. The van der Waals surface area contributed by atoms with Gasteiger partial charge in [0.1, 0.15) is 30.5 Å². The van der Waals surface area contributed by atoms with Gasteiger partial charge in [0.15, 0.2) is 24.5 Å².